The minimum absolute atomic E-state index is 0.109. The highest BCUT2D eigenvalue weighted by Gasteiger charge is 2.43. The van der Waals surface area contributed by atoms with Crippen LogP contribution >= 0.6 is 0 Å². The molecule has 2 N–H and O–H groups in total. The van der Waals surface area contributed by atoms with E-state index in [2.05, 4.69) is 20.1 Å². The SMILES string of the molecule is Cc1ccc(C(=O)Nc2ccc3c(c2)OC(F)(F)O3)cc1NC(=O)C1CCCO1. The molecule has 2 amide bonds. The molecule has 7 nitrogen and oxygen atoms in total. The van der Waals surface area contributed by atoms with Gasteiger partial charge < -0.3 is 24.8 Å². The first-order chi connectivity index (χ1) is 13.8. The summed E-state index contributed by atoms with van der Waals surface area (Å²) in [5, 5.41) is 5.40. The van der Waals surface area contributed by atoms with Crippen LogP contribution in [0, 0.1) is 6.92 Å². The number of aryl methyl sites for hydroxylation is 1. The lowest BCUT2D eigenvalue weighted by Crippen LogP contribution is -2.27. The molecule has 9 heteroatoms. The van der Waals surface area contributed by atoms with Crippen LogP contribution in [-0.2, 0) is 9.53 Å². The highest BCUT2D eigenvalue weighted by Crippen LogP contribution is 2.42. The van der Waals surface area contributed by atoms with E-state index in [4.69, 9.17) is 4.74 Å². The average molecular weight is 404 g/mol. The van der Waals surface area contributed by atoms with E-state index in [0.29, 0.717) is 24.3 Å². The molecule has 2 aliphatic rings. The molecule has 1 atom stereocenters. The van der Waals surface area contributed by atoms with E-state index in [1.165, 1.54) is 18.2 Å². The number of carbonyl (C=O) groups is 2. The van der Waals surface area contributed by atoms with Crippen molar-refractivity contribution in [2.45, 2.75) is 32.2 Å². The van der Waals surface area contributed by atoms with Crippen molar-refractivity contribution in [3.8, 4) is 11.5 Å². The Morgan fingerprint density at radius 3 is 2.62 bits per heavy atom. The highest BCUT2D eigenvalue weighted by molar-refractivity contribution is 6.06. The summed E-state index contributed by atoms with van der Waals surface area (Å²) in [5.74, 6) is -0.994. The molecule has 1 unspecified atom stereocenters. The van der Waals surface area contributed by atoms with Gasteiger partial charge in [-0.25, -0.2) is 0 Å². The van der Waals surface area contributed by atoms with Gasteiger partial charge in [0.25, 0.3) is 11.8 Å². The Kier molecular flexibility index (Phi) is 4.83. The molecule has 0 aromatic heterocycles. The van der Waals surface area contributed by atoms with Crippen molar-refractivity contribution in [2.24, 2.45) is 0 Å². The maximum absolute atomic E-state index is 13.1. The molecule has 0 spiro atoms. The summed E-state index contributed by atoms with van der Waals surface area (Å²) in [6.07, 6.45) is -2.72. The van der Waals surface area contributed by atoms with Gasteiger partial charge in [-0.3, -0.25) is 9.59 Å². The summed E-state index contributed by atoms with van der Waals surface area (Å²) in [7, 11) is 0. The molecule has 1 fully saturated rings. The van der Waals surface area contributed by atoms with Crippen LogP contribution in [0.5, 0.6) is 11.5 Å². The van der Waals surface area contributed by atoms with Crippen molar-refractivity contribution in [2.75, 3.05) is 17.2 Å². The minimum Gasteiger partial charge on any atom is -0.395 e. The van der Waals surface area contributed by atoms with Crippen molar-refractivity contribution in [1.82, 2.24) is 0 Å². The van der Waals surface area contributed by atoms with Crippen LogP contribution in [0.2, 0.25) is 0 Å². The molecule has 2 heterocycles. The third-order valence-corrected chi connectivity index (χ3v) is 4.64. The molecule has 0 radical (unpaired) electrons. The van der Waals surface area contributed by atoms with Gasteiger partial charge in [0.15, 0.2) is 11.5 Å². The number of rotatable bonds is 4. The van der Waals surface area contributed by atoms with Crippen LogP contribution < -0.4 is 20.1 Å². The fourth-order valence-electron chi connectivity index (χ4n) is 3.13. The molecular formula is C20H18F2N2O5. The number of hydrogen-bond acceptors (Lipinski definition) is 5. The maximum atomic E-state index is 13.1. The van der Waals surface area contributed by atoms with Crippen molar-refractivity contribution in [1.29, 1.82) is 0 Å². The van der Waals surface area contributed by atoms with Crippen LogP contribution in [0.3, 0.4) is 0 Å². The van der Waals surface area contributed by atoms with Crippen LogP contribution in [0.15, 0.2) is 36.4 Å². The molecule has 1 saturated heterocycles. The monoisotopic (exact) mass is 404 g/mol. The normalized spacial score (nSPS) is 19.1. The summed E-state index contributed by atoms with van der Waals surface area (Å²) in [6, 6.07) is 8.83. The van der Waals surface area contributed by atoms with Crippen molar-refractivity contribution < 1.29 is 32.6 Å². The largest absolute Gasteiger partial charge is 0.586 e. The quantitative estimate of drug-likeness (QED) is 0.812. The lowest BCUT2D eigenvalue weighted by molar-refractivity contribution is -0.286. The van der Waals surface area contributed by atoms with Gasteiger partial charge >= 0.3 is 6.29 Å². The lowest BCUT2D eigenvalue weighted by Gasteiger charge is -2.14. The molecule has 4 rings (SSSR count). The molecule has 29 heavy (non-hydrogen) atoms. The summed E-state index contributed by atoms with van der Waals surface area (Å²) < 4.78 is 40.3. The zero-order chi connectivity index (χ0) is 20.6. The number of nitrogens with one attached hydrogen (secondary N) is 2. The Morgan fingerprint density at radius 2 is 1.86 bits per heavy atom. The van der Waals surface area contributed by atoms with E-state index >= 15 is 0 Å². The fraction of sp³-hybridized carbons (Fsp3) is 0.300. The Balaban J connectivity index is 1.47. The third kappa shape index (κ3) is 4.14. The minimum atomic E-state index is -3.72. The number of carbonyl (C=O) groups excluding carboxylic acids is 2. The summed E-state index contributed by atoms with van der Waals surface area (Å²) in [6.45, 7) is 2.37. The van der Waals surface area contributed by atoms with Gasteiger partial charge in [-0.2, -0.15) is 0 Å². The Hall–Kier alpha value is -3.20. The lowest BCUT2D eigenvalue weighted by atomic mass is 10.1. The van der Waals surface area contributed by atoms with E-state index in [1.807, 2.05) is 6.92 Å². The van der Waals surface area contributed by atoms with Gasteiger partial charge in [-0.05, 0) is 49.6 Å². The van der Waals surface area contributed by atoms with E-state index in [0.717, 1.165) is 12.0 Å². The molecule has 2 aliphatic heterocycles. The number of alkyl halides is 2. The van der Waals surface area contributed by atoms with E-state index in [1.54, 1.807) is 18.2 Å². The number of anilines is 2. The van der Waals surface area contributed by atoms with Gasteiger partial charge in [-0.1, -0.05) is 6.07 Å². The van der Waals surface area contributed by atoms with E-state index in [9.17, 15) is 18.4 Å². The Morgan fingerprint density at radius 1 is 1.07 bits per heavy atom. The Labute approximate surface area is 164 Å². The molecule has 2 aromatic rings. The zero-order valence-electron chi connectivity index (χ0n) is 15.5. The van der Waals surface area contributed by atoms with Gasteiger partial charge in [0, 0.05) is 29.6 Å². The first kappa shape index (κ1) is 19.1. The third-order valence-electron chi connectivity index (χ3n) is 4.64. The Bertz CT molecular complexity index is 973. The predicted molar refractivity (Wildman–Crippen MR) is 99.4 cm³/mol. The van der Waals surface area contributed by atoms with E-state index in [-0.39, 0.29) is 23.1 Å². The number of ether oxygens (including phenoxy) is 3. The van der Waals surface area contributed by atoms with Gasteiger partial charge in [-0.15, -0.1) is 8.78 Å². The van der Waals surface area contributed by atoms with Gasteiger partial charge in [0.1, 0.15) is 6.10 Å². The summed E-state index contributed by atoms with van der Waals surface area (Å²) >= 11 is 0. The average Bonchev–Trinajstić information content (AvgIpc) is 3.29. The smallest absolute Gasteiger partial charge is 0.395 e. The second-order valence-electron chi connectivity index (χ2n) is 6.80. The second kappa shape index (κ2) is 7.32. The molecule has 2 aromatic carbocycles. The van der Waals surface area contributed by atoms with Crippen LogP contribution in [-0.4, -0.2) is 30.8 Å². The zero-order valence-corrected chi connectivity index (χ0v) is 15.5. The number of amides is 2. The number of halogens is 2. The fourth-order valence-corrected chi connectivity index (χ4v) is 3.13. The first-order valence-electron chi connectivity index (χ1n) is 9.05. The topological polar surface area (TPSA) is 85.9 Å². The molecular weight excluding hydrogens is 386 g/mol. The van der Waals surface area contributed by atoms with Crippen LogP contribution in [0.25, 0.3) is 0 Å². The van der Waals surface area contributed by atoms with Gasteiger partial charge in [0.05, 0.1) is 0 Å². The maximum Gasteiger partial charge on any atom is 0.586 e. The van der Waals surface area contributed by atoms with E-state index < -0.39 is 18.3 Å². The van der Waals surface area contributed by atoms with Crippen molar-refractivity contribution in [3.05, 3.63) is 47.5 Å². The second-order valence-corrected chi connectivity index (χ2v) is 6.80. The number of fused-ring (bicyclic) bond motifs is 1. The van der Waals surface area contributed by atoms with Crippen LogP contribution in [0.1, 0.15) is 28.8 Å². The molecule has 0 bridgehead atoms. The highest BCUT2D eigenvalue weighted by atomic mass is 19.3. The van der Waals surface area contributed by atoms with Crippen molar-refractivity contribution >= 4 is 23.2 Å². The molecule has 0 aliphatic carbocycles. The standard InChI is InChI=1S/C20H18F2N2O5/c1-11-4-5-12(9-14(11)24-19(26)16-3-2-8-27-16)18(25)23-13-6-7-15-17(10-13)29-20(21,22)28-15/h4-7,9-10,16H,2-3,8H2,1H3,(H,23,25)(H,24,26). The summed E-state index contributed by atoms with van der Waals surface area (Å²) in [5.41, 5.74) is 1.85. The summed E-state index contributed by atoms with van der Waals surface area (Å²) in [4.78, 5) is 24.9. The van der Waals surface area contributed by atoms with Gasteiger partial charge in [0.2, 0.25) is 0 Å². The predicted octanol–water partition coefficient (Wildman–Crippen LogP) is 3.69. The number of hydrogen-bond donors (Lipinski definition) is 2. The van der Waals surface area contributed by atoms with Crippen LogP contribution in [0.4, 0.5) is 20.2 Å². The molecule has 0 saturated carbocycles. The number of benzene rings is 2. The first-order valence-corrected chi connectivity index (χ1v) is 9.05. The molecule has 152 valence electrons. The van der Waals surface area contributed by atoms with Crippen molar-refractivity contribution in [3.63, 3.8) is 0 Å².